The van der Waals surface area contributed by atoms with Crippen molar-refractivity contribution < 1.29 is 4.79 Å². The van der Waals surface area contributed by atoms with Gasteiger partial charge in [0.05, 0.1) is 11.8 Å². The molecule has 0 saturated heterocycles. The van der Waals surface area contributed by atoms with Crippen LogP contribution in [0.3, 0.4) is 0 Å². The minimum atomic E-state index is -0.158. The van der Waals surface area contributed by atoms with Gasteiger partial charge in [0.15, 0.2) is 0 Å². The molecule has 30 heavy (non-hydrogen) atoms. The number of hydrogen-bond acceptors (Lipinski definition) is 3. The summed E-state index contributed by atoms with van der Waals surface area (Å²) in [6.45, 7) is 0.710. The van der Waals surface area contributed by atoms with E-state index in [9.17, 15) is 4.79 Å². The molecule has 1 aromatic heterocycles. The van der Waals surface area contributed by atoms with Crippen molar-refractivity contribution in [1.82, 2.24) is 10.2 Å². The Morgan fingerprint density at radius 2 is 1.80 bits per heavy atom. The number of para-hydroxylation sites is 1. The second-order valence-electron chi connectivity index (χ2n) is 6.87. The van der Waals surface area contributed by atoms with Crippen LogP contribution in [0.2, 0.25) is 5.02 Å². The second kappa shape index (κ2) is 9.29. The first-order valence-corrected chi connectivity index (χ1v) is 10.0. The van der Waals surface area contributed by atoms with E-state index in [0.717, 1.165) is 33.9 Å². The molecule has 3 aromatic carbocycles. The summed E-state index contributed by atoms with van der Waals surface area (Å²) in [6, 6.07) is 23.0. The number of anilines is 2. The summed E-state index contributed by atoms with van der Waals surface area (Å²) < 4.78 is 0. The van der Waals surface area contributed by atoms with Gasteiger partial charge >= 0.3 is 0 Å². The summed E-state index contributed by atoms with van der Waals surface area (Å²) in [4.78, 5) is 12.9. The van der Waals surface area contributed by atoms with Crippen molar-refractivity contribution in [3.05, 3.63) is 101 Å². The molecule has 4 rings (SSSR count). The number of nitrogens with zero attached hydrogens (tertiary/aromatic N) is 1. The summed E-state index contributed by atoms with van der Waals surface area (Å²) in [7, 11) is 0. The van der Waals surface area contributed by atoms with Gasteiger partial charge in [0.2, 0.25) is 0 Å². The highest BCUT2D eigenvalue weighted by Crippen LogP contribution is 2.23. The average molecular weight is 417 g/mol. The number of carbonyl (C=O) groups is 1. The molecule has 0 spiro atoms. The zero-order valence-electron chi connectivity index (χ0n) is 16.2. The molecule has 0 radical (unpaired) electrons. The quantitative estimate of drug-likeness (QED) is 0.365. The van der Waals surface area contributed by atoms with Crippen molar-refractivity contribution in [3.63, 3.8) is 0 Å². The number of hydrogen-bond donors (Lipinski definition) is 3. The lowest BCUT2D eigenvalue weighted by atomic mass is 10.1. The molecule has 6 heteroatoms. The number of rotatable bonds is 7. The number of halogens is 1. The van der Waals surface area contributed by atoms with E-state index in [0.29, 0.717) is 12.1 Å². The van der Waals surface area contributed by atoms with E-state index in [2.05, 4.69) is 20.8 Å². The van der Waals surface area contributed by atoms with E-state index in [1.165, 1.54) is 5.56 Å². The third-order valence-corrected chi connectivity index (χ3v) is 5.02. The molecular weight excluding hydrogens is 396 g/mol. The summed E-state index contributed by atoms with van der Waals surface area (Å²) in [5, 5.41) is 13.9. The topological polar surface area (TPSA) is 69.8 Å². The summed E-state index contributed by atoms with van der Waals surface area (Å²) in [6.07, 6.45) is 4.40. The van der Waals surface area contributed by atoms with E-state index >= 15 is 0 Å². The van der Waals surface area contributed by atoms with Crippen LogP contribution < -0.4 is 10.6 Å². The molecule has 0 fully saturated rings. The van der Waals surface area contributed by atoms with Crippen LogP contribution in [-0.4, -0.2) is 22.6 Å². The number of aromatic amines is 1. The summed E-state index contributed by atoms with van der Waals surface area (Å²) in [5.74, 6) is -0.158. The predicted molar refractivity (Wildman–Crippen MR) is 122 cm³/mol. The normalized spacial score (nSPS) is 10.6. The highest BCUT2D eigenvalue weighted by Gasteiger charge is 2.12. The zero-order chi connectivity index (χ0) is 20.8. The molecule has 150 valence electrons. The minimum Gasteiger partial charge on any atom is -0.384 e. The van der Waals surface area contributed by atoms with Crippen LogP contribution in [0.25, 0.3) is 11.1 Å². The van der Waals surface area contributed by atoms with Gasteiger partial charge in [0, 0.05) is 34.7 Å². The van der Waals surface area contributed by atoms with Gasteiger partial charge in [-0.3, -0.25) is 9.89 Å². The van der Waals surface area contributed by atoms with E-state index in [1.54, 1.807) is 6.20 Å². The molecular formula is C24H21ClN4O. The van der Waals surface area contributed by atoms with E-state index in [4.69, 9.17) is 11.6 Å². The van der Waals surface area contributed by atoms with Crippen molar-refractivity contribution in [2.45, 2.75) is 6.42 Å². The predicted octanol–water partition coefficient (Wildman–Crippen LogP) is 5.64. The van der Waals surface area contributed by atoms with Gasteiger partial charge in [-0.15, -0.1) is 0 Å². The Kier molecular flexibility index (Phi) is 6.11. The van der Waals surface area contributed by atoms with Crippen molar-refractivity contribution in [3.8, 4) is 11.1 Å². The average Bonchev–Trinajstić information content (AvgIpc) is 3.31. The maximum Gasteiger partial charge on any atom is 0.257 e. The molecule has 0 saturated carbocycles. The lowest BCUT2D eigenvalue weighted by Crippen LogP contribution is -2.15. The van der Waals surface area contributed by atoms with Crippen LogP contribution in [0.5, 0.6) is 0 Å². The van der Waals surface area contributed by atoms with Gasteiger partial charge < -0.3 is 10.6 Å². The Balaban J connectivity index is 1.43. The molecule has 1 amide bonds. The SMILES string of the molecule is O=C(Nc1cccc(-c2cn[nH]c2)c1)c1ccccc1NCCc1ccc(Cl)cc1. The van der Waals surface area contributed by atoms with Gasteiger partial charge in [0.25, 0.3) is 5.91 Å². The number of nitrogens with one attached hydrogen (secondary N) is 3. The second-order valence-corrected chi connectivity index (χ2v) is 7.31. The molecule has 0 aliphatic rings. The van der Waals surface area contributed by atoms with E-state index in [-0.39, 0.29) is 5.91 Å². The van der Waals surface area contributed by atoms with E-state index in [1.807, 2.05) is 79.0 Å². The van der Waals surface area contributed by atoms with Crippen molar-refractivity contribution in [2.75, 3.05) is 17.2 Å². The lowest BCUT2D eigenvalue weighted by molar-refractivity contribution is 0.102. The van der Waals surface area contributed by atoms with Crippen molar-refractivity contribution in [1.29, 1.82) is 0 Å². The third kappa shape index (κ3) is 4.88. The van der Waals surface area contributed by atoms with Gasteiger partial charge in [-0.1, -0.05) is 48.0 Å². The summed E-state index contributed by atoms with van der Waals surface area (Å²) in [5.41, 5.74) is 5.27. The zero-order valence-corrected chi connectivity index (χ0v) is 17.0. The monoisotopic (exact) mass is 416 g/mol. The number of benzene rings is 3. The first-order valence-electron chi connectivity index (χ1n) is 9.67. The van der Waals surface area contributed by atoms with Gasteiger partial charge in [-0.05, 0) is 53.9 Å². The van der Waals surface area contributed by atoms with Crippen LogP contribution in [-0.2, 0) is 6.42 Å². The minimum absolute atomic E-state index is 0.158. The number of amides is 1. The number of aromatic nitrogens is 2. The highest BCUT2D eigenvalue weighted by atomic mass is 35.5. The molecule has 5 nitrogen and oxygen atoms in total. The Bertz CT molecular complexity index is 1120. The van der Waals surface area contributed by atoms with Crippen LogP contribution in [0.1, 0.15) is 15.9 Å². The molecule has 0 unspecified atom stereocenters. The maximum absolute atomic E-state index is 12.9. The molecule has 4 aromatic rings. The fourth-order valence-corrected chi connectivity index (χ4v) is 3.34. The third-order valence-electron chi connectivity index (χ3n) is 4.77. The largest absolute Gasteiger partial charge is 0.384 e. The molecule has 1 heterocycles. The fourth-order valence-electron chi connectivity index (χ4n) is 3.21. The van der Waals surface area contributed by atoms with Crippen LogP contribution >= 0.6 is 11.6 Å². The molecule has 0 atom stereocenters. The number of carbonyl (C=O) groups excluding carboxylic acids is 1. The van der Waals surface area contributed by atoms with Crippen LogP contribution in [0.4, 0.5) is 11.4 Å². The van der Waals surface area contributed by atoms with Gasteiger partial charge in [-0.25, -0.2) is 0 Å². The Labute approximate surface area is 180 Å². The van der Waals surface area contributed by atoms with Crippen LogP contribution in [0.15, 0.2) is 85.2 Å². The first kappa shape index (κ1) is 19.7. The number of H-pyrrole nitrogens is 1. The first-order chi connectivity index (χ1) is 14.7. The fraction of sp³-hybridized carbons (Fsp3) is 0.0833. The Morgan fingerprint density at radius 3 is 2.60 bits per heavy atom. The van der Waals surface area contributed by atoms with Crippen molar-refractivity contribution in [2.24, 2.45) is 0 Å². The highest BCUT2D eigenvalue weighted by molar-refractivity contribution is 6.30. The summed E-state index contributed by atoms with van der Waals surface area (Å²) >= 11 is 5.94. The Morgan fingerprint density at radius 1 is 0.967 bits per heavy atom. The Hall–Kier alpha value is -3.57. The van der Waals surface area contributed by atoms with Gasteiger partial charge in [-0.2, -0.15) is 5.10 Å². The van der Waals surface area contributed by atoms with Crippen LogP contribution in [0, 0.1) is 0 Å². The maximum atomic E-state index is 12.9. The molecule has 0 bridgehead atoms. The van der Waals surface area contributed by atoms with Gasteiger partial charge in [0.1, 0.15) is 0 Å². The molecule has 3 N–H and O–H groups in total. The van der Waals surface area contributed by atoms with Crippen molar-refractivity contribution >= 4 is 28.9 Å². The smallest absolute Gasteiger partial charge is 0.257 e. The van der Waals surface area contributed by atoms with E-state index < -0.39 is 0 Å². The standard InChI is InChI=1S/C24H21ClN4O/c25-20-10-8-17(9-11-20)12-13-26-23-7-2-1-6-22(23)24(30)29-21-5-3-4-18(14-21)19-15-27-28-16-19/h1-11,14-16,26H,12-13H2,(H,27,28)(H,29,30). The molecule has 0 aliphatic carbocycles. The molecule has 0 aliphatic heterocycles. The lowest BCUT2D eigenvalue weighted by Gasteiger charge is -2.13.